The molecule has 11 heteroatoms. The minimum atomic E-state index is -3.82. The predicted octanol–water partition coefficient (Wildman–Crippen LogP) is 1.53. The van der Waals surface area contributed by atoms with Crippen LogP contribution < -0.4 is 0 Å². The number of aromatic nitrogens is 2. The maximum atomic E-state index is 13.4. The van der Waals surface area contributed by atoms with Gasteiger partial charge in [-0.3, -0.25) is 5.10 Å². The average Bonchev–Trinajstić information content (AvgIpc) is 3.41. The van der Waals surface area contributed by atoms with Gasteiger partial charge in [0, 0.05) is 41.8 Å². The Morgan fingerprint density at radius 2 is 1.79 bits per heavy atom. The second-order valence-corrected chi connectivity index (χ2v) is 12.0. The van der Waals surface area contributed by atoms with E-state index in [9.17, 15) is 16.8 Å². The van der Waals surface area contributed by atoms with Crippen molar-refractivity contribution >= 4 is 31.6 Å². The van der Waals surface area contributed by atoms with Gasteiger partial charge in [-0.1, -0.05) is 11.6 Å². The zero-order valence-electron chi connectivity index (χ0n) is 14.8. The minimum absolute atomic E-state index is 0.106. The molecule has 2 fully saturated rings. The van der Waals surface area contributed by atoms with Crippen molar-refractivity contribution < 1.29 is 16.8 Å². The number of halogens is 1. The Labute approximate surface area is 168 Å². The number of nitrogens with one attached hydrogen (secondary N) is 1. The van der Waals surface area contributed by atoms with E-state index < -0.39 is 32.1 Å². The molecule has 0 amide bonds. The third kappa shape index (κ3) is 2.81. The van der Waals surface area contributed by atoms with Gasteiger partial charge in [0.05, 0.1) is 22.4 Å². The highest BCUT2D eigenvalue weighted by Crippen LogP contribution is 2.43. The van der Waals surface area contributed by atoms with Crippen LogP contribution in [0.15, 0.2) is 35.4 Å². The lowest BCUT2D eigenvalue weighted by atomic mass is 9.93. The lowest BCUT2D eigenvalue weighted by Crippen LogP contribution is -2.60. The normalized spacial score (nSPS) is 26.2. The fourth-order valence-electron chi connectivity index (χ4n) is 4.19. The van der Waals surface area contributed by atoms with Crippen LogP contribution in [0.4, 0.5) is 0 Å². The SMILES string of the molecule is O=S(=O)(c1ccc(Cl)cc1)N1C2Cc3[nH]ncc3C1CN(S(=O)(=O)C1CC1)C2. The van der Waals surface area contributed by atoms with Crippen LogP contribution in [0.25, 0.3) is 0 Å². The van der Waals surface area contributed by atoms with E-state index >= 15 is 0 Å². The maximum absolute atomic E-state index is 13.4. The molecule has 2 aromatic rings. The third-order valence-corrected chi connectivity index (χ3v) is 10.3. The summed E-state index contributed by atoms with van der Waals surface area (Å²) >= 11 is 5.91. The van der Waals surface area contributed by atoms with Gasteiger partial charge < -0.3 is 0 Å². The van der Waals surface area contributed by atoms with E-state index in [1.807, 2.05) is 0 Å². The summed E-state index contributed by atoms with van der Waals surface area (Å²) < 4.78 is 55.4. The molecule has 2 bridgehead atoms. The Bertz CT molecular complexity index is 1130. The molecule has 1 saturated heterocycles. The van der Waals surface area contributed by atoms with Crippen LogP contribution in [-0.4, -0.2) is 60.0 Å². The summed E-state index contributed by atoms with van der Waals surface area (Å²) in [5.74, 6) is 0. The van der Waals surface area contributed by atoms with Crippen LogP contribution in [0.1, 0.15) is 30.1 Å². The number of nitrogens with zero attached hydrogens (tertiary/aromatic N) is 3. The highest BCUT2D eigenvalue weighted by Gasteiger charge is 2.52. The molecule has 2 unspecified atom stereocenters. The Morgan fingerprint density at radius 1 is 1.07 bits per heavy atom. The molecule has 3 heterocycles. The number of aromatic amines is 1. The van der Waals surface area contributed by atoms with E-state index in [-0.39, 0.29) is 23.2 Å². The Balaban J connectivity index is 1.57. The molecule has 28 heavy (non-hydrogen) atoms. The number of sulfonamides is 2. The largest absolute Gasteiger partial charge is 0.282 e. The fraction of sp³-hybridized carbons (Fsp3) is 0.471. The molecular formula is C17H19ClN4O4S2. The van der Waals surface area contributed by atoms with Gasteiger partial charge in [0.1, 0.15) is 0 Å². The highest BCUT2D eigenvalue weighted by molar-refractivity contribution is 7.90. The quantitative estimate of drug-likeness (QED) is 0.773. The summed E-state index contributed by atoms with van der Waals surface area (Å²) in [6.45, 7) is 0.259. The van der Waals surface area contributed by atoms with Gasteiger partial charge in [0.2, 0.25) is 20.0 Å². The summed E-state index contributed by atoms with van der Waals surface area (Å²) in [7, 11) is -7.21. The first kappa shape index (κ1) is 18.6. The summed E-state index contributed by atoms with van der Waals surface area (Å²) in [6, 6.07) is 4.97. The average molecular weight is 443 g/mol. The van der Waals surface area contributed by atoms with Crippen molar-refractivity contribution in [1.29, 1.82) is 0 Å². The number of benzene rings is 1. The van der Waals surface area contributed by atoms with E-state index in [4.69, 9.17) is 11.6 Å². The second-order valence-electron chi connectivity index (χ2n) is 7.53. The number of H-pyrrole nitrogens is 1. The van der Waals surface area contributed by atoms with Gasteiger partial charge in [0.15, 0.2) is 0 Å². The summed E-state index contributed by atoms with van der Waals surface area (Å²) in [5, 5.41) is 7.14. The molecule has 150 valence electrons. The van der Waals surface area contributed by atoms with Crippen molar-refractivity contribution in [1.82, 2.24) is 18.8 Å². The van der Waals surface area contributed by atoms with E-state index in [0.29, 0.717) is 24.3 Å². The lowest BCUT2D eigenvalue weighted by molar-refractivity contribution is 0.124. The van der Waals surface area contributed by atoms with Crippen molar-refractivity contribution in [3.63, 3.8) is 0 Å². The van der Waals surface area contributed by atoms with Crippen LogP contribution in [-0.2, 0) is 26.5 Å². The van der Waals surface area contributed by atoms with Gasteiger partial charge in [0.25, 0.3) is 0 Å². The standard InChI is InChI=1S/C17H19ClN4O4S2/c18-11-1-3-14(4-2-11)28(25,26)22-12-7-16-15(8-19-20-16)17(22)10-21(9-12)27(23,24)13-5-6-13/h1-4,8,12-13,17H,5-7,9-10H2,(H,19,20). The number of rotatable bonds is 4. The van der Waals surface area contributed by atoms with E-state index in [1.54, 1.807) is 18.3 Å². The minimum Gasteiger partial charge on any atom is -0.282 e. The molecular weight excluding hydrogens is 424 g/mol. The molecule has 1 aliphatic carbocycles. The first-order valence-electron chi connectivity index (χ1n) is 9.08. The van der Waals surface area contributed by atoms with Crippen molar-refractivity contribution in [2.45, 2.75) is 41.5 Å². The number of hydrogen-bond donors (Lipinski definition) is 1. The van der Waals surface area contributed by atoms with Gasteiger partial charge in [-0.25, -0.2) is 16.8 Å². The van der Waals surface area contributed by atoms with Crippen LogP contribution in [0.5, 0.6) is 0 Å². The molecule has 5 rings (SSSR count). The first-order chi connectivity index (χ1) is 13.3. The molecule has 8 nitrogen and oxygen atoms in total. The molecule has 0 radical (unpaired) electrons. The number of piperazine rings is 1. The summed E-state index contributed by atoms with van der Waals surface area (Å²) in [4.78, 5) is 0.150. The van der Waals surface area contributed by atoms with Gasteiger partial charge in [-0.15, -0.1) is 0 Å². The van der Waals surface area contributed by atoms with Gasteiger partial charge in [-0.05, 0) is 37.1 Å². The molecule has 1 N–H and O–H groups in total. The van der Waals surface area contributed by atoms with Gasteiger partial charge >= 0.3 is 0 Å². The van der Waals surface area contributed by atoms with E-state index in [0.717, 1.165) is 11.3 Å². The summed E-state index contributed by atoms with van der Waals surface area (Å²) in [6.07, 6.45) is 3.36. The van der Waals surface area contributed by atoms with Crippen molar-refractivity contribution in [2.75, 3.05) is 13.1 Å². The molecule has 1 saturated carbocycles. The number of fused-ring (bicyclic) bond motifs is 4. The zero-order valence-corrected chi connectivity index (χ0v) is 17.2. The smallest absolute Gasteiger partial charge is 0.243 e. The Hall–Kier alpha value is -1.46. The third-order valence-electron chi connectivity index (χ3n) is 5.70. The maximum Gasteiger partial charge on any atom is 0.243 e. The summed E-state index contributed by atoms with van der Waals surface area (Å²) in [5.41, 5.74) is 1.62. The van der Waals surface area contributed by atoms with Crippen molar-refractivity contribution in [2.24, 2.45) is 0 Å². The second kappa shape index (κ2) is 6.27. The Morgan fingerprint density at radius 3 is 2.46 bits per heavy atom. The zero-order chi connectivity index (χ0) is 19.7. The molecule has 0 spiro atoms. The van der Waals surface area contributed by atoms with E-state index in [1.165, 1.54) is 20.7 Å². The molecule has 2 aliphatic heterocycles. The van der Waals surface area contributed by atoms with Crippen molar-refractivity contribution in [3.05, 3.63) is 46.7 Å². The lowest BCUT2D eigenvalue weighted by Gasteiger charge is -2.47. The molecule has 3 aliphatic rings. The van der Waals surface area contributed by atoms with Crippen LogP contribution in [0.2, 0.25) is 5.02 Å². The molecule has 1 aromatic heterocycles. The topological polar surface area (TPSA) is 103 Å². The first-order valence-corrected chi connectivity index (χ1v) is 12.4. The molecule has 2 atom stereocenters. The number of hydrogen-bond acceptors (Lipinski definition) is 5. The predicted molar refractivity (Wildman–Crippen MR) is 103 cm³/mol. The fourth-order valence-corrected chi connectivity index (χ4v) is 7.97. The Kier molecular flexibility index (Phi) is 4.15. The van der Waals surface area contributed by atoms with E-state index in [2.05, 4.69) is 10.2 Å². The van der Waals surface area contributed by atoms with Gasteiger partial charge in [-0.2, -0.15) is 13.7 Å². The molecule has 1 aromatic carbocycles. The van der Waals surface area contributed by atoms with Crippen molar-refractivity contribution in [3.8, 4) is 0 Å². The van der Waals surface area contributed by atoms with Crippen LogP contribution >= 0.6 is 11.6 Å². The monoisotopic (exact) mass is 442 g/mol. The van der Waals surface area contributed by atoms with Crippen LogP contribution in [0.3, 0.4) is 0 Å². The highest BCUT2D eigenvalue weighted by atomic mass is 35.5. The van der Waals surface area contributed by atoms with Crippen LogP contribution in [0, 0.1) is 0 Å².